The van der Waals surface area contributed by atoms with Gasteiger partial charge in [0.25, 0.3) is 5.17 Å². The van der Waals surface area contributed by atoms with Crippen LogP contribution in [0.4, 0.5) is 0 Å². The zero-order chi connectivity index (χ0) is 7.40. The molecule has 1 heterocycles. The molecule has 1 aliphatic heterocycles. The number of rotatable bonds is 2. The van der Waals surface area contributed by atoms with Crippen molar-refractivity contribution in [2.24, 2.45) is 4.99 Å². The fourth-order valence-electron chi connectivity index (χ4n) is 1.07. The summed E-state index contributed by atoms with van der Waals surface area (Å²) in [7, 11) is 1.81. The highest BCUT2D eigenvalue weighted by atomic mass is 32.2. The Kier molecular flexibility index (Phi) is 3.18. The molecule has 0 saturated carbocycles. The van der Waals surface area contributed by atoms with Crippen molar-refractivity contribution in [2.45, 2.75) is 0 Å². The minimum atomic E-state index is 0.259. The number of nitrogens with zero attached hydrogens (tertiary/aromatic N) is 1. The second kappa shape index (κ2) is 3.95. The molecule has 1 atom stereocenters. The van der Waals surface area contributed by atoms with Gasteiger partial charge >= 0.3 is 0 Å². The molecule has 1 saturated heterocycles. The van der Waals surface area contributed by atoms with E-state index in [-0.39, 0.29) is 6.61 Å². The molecule has 10 heavy (non-hydrogen) atoms. The van der Waals surface area contributed by atoms with Crippen molar-refractivity contribution in [3.05, 3.63) is 0 Å². The van der Waals surface area contributed by atoms with Crippen molar-refractivity contribution >= 4 is 16.9 Å². The summed E-state index contributed by atoms with van der Waals surface area (Å²) in [5, 5.41) is 9.80. The highest BCUT2D eigenvalue weighted by Crippen LogP contribution is 2.01. The summed E-state index contributed by atoms with van der Waals surface area (Å²) >= 11 is 1.79. The maximum atomic E-state index is 8.65. The van der Waals surface area contributed by atoms with Gasteiger partial charge < -0.3 is 5.11 Å². The van der Waals surface area contributed by atoms with Crippen molar-refractivity contribution in [3.63, 3.8) is 0 Å². The molecule has 0 spiro atoms. The summed E-state index contributed by atoms with van der Waals surface area (Å²) in [6.45, 7) is 2.17. The molecule has 3 nitrogen and oxygen atoms in total. The SMILES string of the molecule is CN=C1SCC[NH+]1CCO. The van der Waals surface area contributed by atoms with Crippen LogP contribution in [0.15, 0.2) is 4.99 Å². The molecule has 1 unspecified atom stereocenters. The predicted octanol–water partition coefficient (Wildman–Crippen LogP) is -1.40. The van der Waals surface area contributed by atoms with Crippen LogP contribution in [0.2, 0.25) is 0 Å². The van der Waals surface area contributed by atoms with E-state index in [1.807, 2.05) is 7.05 Å². The number of aliphatic imine (C=N–C) groups is 1. The van der Waals surface area contributed by atoms with Gasteiger partial charge in [-0.3, -0.25) is 4.90 Å². The zero-order valence-corrected chi connectivity index (χ0v) is 6.95. The molecule has 0 aromatic rings. The van der Waals surface area contributed by atoms with Crippen LogP contribution in [0.25, 0.3) is 0 Å². The molecule has 0 aliphatic carbocycles. The van der Waals surface area contributed by atoms with Crippen molar-refractivity contribution in [1.29, 1.82) is 0 Å². The van der Waals surface area contributed by atoms with Crippen LogP contribution < -0.4 is 4.90 Å². The lowest BCUT2D eigenvalue weighted by atomic mass is 10.5. The van der Waals surface area contributed by atoms with Crippen LogP contribution in [0.3, 0.4) is 0 Å². The van der Waals surface area contributed by atoms with Crippen LogP contribution in [0, 0.1) is 0 Å². The lowest BCUT2D eigenvalue weighted by Crippen LogP contribution is -3.12. The molecular weight excluding hydrogens is 148 g/mol. The Morgan fingerprint density at radius 3 is 3.20 bits per heavy atom. The monoisotopic (exact) mass is 161 g/mol. The maximum Gasteiger partial charge on any atom is 0.257 e. The first kappa shape index (κ1) is 8.04. The number of aliphatic hydroxyl groups is 1. The maximum absolute atomic E-state index is 8.65. The molecule has 0 aromatic heterocycles. The van der Waals surface area contributed by atoms with Gasteiger partial charge in [0, 0.05) is 7.05 Å². The number of quaternary nitrogens is 1. The van der Waals surface area contributed by atoms with E-state index in [0.29, 0.717) is 0 Å². The van der Waals surface area contributed by atoms with Gasteiger partial charge in [0.1, 0.15) is 6.54 Å². The topological polar surface area (TPSA) is 37.0 Å². The van der Waals surface area contributed by atoms with Crippen molar-refractivity contribution in [2.75, 3.05) is 32.5 Å². The fraction of sp³-hybridized carbons (Fsp3) is 0.833. The summed E-state index contributed by atoms with van der Waals surface area (Å²) < 4.78 is 0. The number of nitrogens with one attached hydrogen (secondary N) is 1. The molecule has 0 radical (unpaired) electrons. The van der Waals surface area contributed by atoms with Gasteiger partial charge in [0.05, 0.1) is 18.9 Å². The zero-order valence-electron chi connectivity index (χ0n) is 6.13. The largest absolute Gasteiger partial charge is 0.390 e. The first-order valence-corrected chi connectivity index (χ1v) is 4.42. The molecule has 58 valence electrons. The molecule has 2 N–H and O–H groups in total. The third kappa shape index (κ3) is 1.71. The Labute approximate surface area is 65.1 Å². The van der Waals surface area contributed by atoms with Crippen molar-refractivity contribution < 1.29 is 10.0 Å². The quantitative estimate of drug-likeness (QED) is 0.522. The highest BCUT2D eigenvalue weighted by Gasteiger charge is 2.23. The van der Waals surface area contributed by atoms with E-state index in [0.717, 1.165) is 24.0 Å². The summed E-state index contributed by atoms with van der Waals surface area (Å²) in [5.41, 5.74) is 0. The molecule has 1 rings (SSSR count). The van der Waals surface area contributed by atoms with E-state index in [1.165, 1.54) is 4.90 Å². The first-order valence-electron chi connectivity index (χ1n) is 3.44. The molecule has 0 bridgehead atoms. The van der Waals surface area contributed by atoms with Gasteiger partial charge in [0.2, 0.25) is 0 Å². The van der Waals surface area contributed by atoms with E-state index >= 15 is 0 Å². The van der Waals surface area contributed by atoms with Crippen LogP contribution in [-0.4, -0.2) is 42.8 Å². The van der Waals surface area contributed by atoms with Gasteiger partial charge in [-0.2, -0.15) is 0 Å². The molecule has 4 heteroatoms. The summed E-state index contributed by atoms with van der Waals surface area (Å²) in [6.07, 6.45) is 0. The Morgan fingerprint density at radius 1 is 1.80 bits per heavy atom. The second-order valence-corrected chi connectivity index (χ2v) is 3.29. The molecular formula is C6H13N2OS+. The Hall–Kier alpha value is -0.0600. The lowest BCUT2D eigenvalue weighted by molar-refractivity contribution is -0.796. The van der Waals surface area contributed by atoms with Crippen LogP contribution >= 0.6 is 11.8 Å². The summed E-state index contributed by atoms with van der Waals surface area (Å²) in [6, 6.07) is 0. The van der Waals surface area contributed by atoms with Gasteiger partial charge in [-0.15, -0.1) is 0 Å². The first-order chi connectivity index (χ1) is 4.88. The molecule has 0 aromatic carbocycles. The molecule has 1 fully saturated rings. The van der Waals surface area contributed by atoms with E-state index in [1.54, 1.807) is 11.8 Å². The van der Waals surface area contributed by atoms with Crippen LogP contribution in [0.5, 0.6) is 0 Å². The van der Waals surface area contributed by atoms with Gasteiger partial charge in [-0.05, 0) is 11.8 Å². The standard InChI is InChI=1S/C6H12N2OS/c1-7-6-8(2-4-9)3-5-10-6/h9H,2-5H2,1H3/p+1. The molecule has 1 aliphatic rings. The number of hydrogen-bond acceptors (Lipinski definition) is 3. The van der Waals surface area contributed by atoms with Gasteiger partial charge in [-0.25, -0.2) is 4.99 Å². The third-order valence-corrected chi connectivity index (χ3v) is 2.71. The molecule has 0 amide bonds. The van der Waals surface area contributed by atoms with Gasteiger partial charge in [-0.1, -0.05) is 0 Å². The van der Waals surface area contributed by atoms with E-state index < -0.39 is 0 Å². The lowest BCUT2D eigenvalue weighted by Gasteiger charge is -2.08. The third-order valence-electron chi connectivity index (χ3n) is 1.56. The minimum Gasteiger partial charge on any atom is -0.390 e. The highest BCUT2D eigenvalue weighted by molar-refractivity contribution is 8.13. The summed E-state index contributed by atoms with van der Waals surface area (Å²) in [4.78, 5) is 5.45. The van der Waals surface area contributed by atoms with E-state index in [9.17, 15) is 0 Å². The normalized spacial score (nSPS) is 29.8. The van der Waals surface area contributed by atoms with E-state index in [2.05, 4.69) is 4.99 Å². The summed E-state index contributed by atoms with van der Waals surface area (Å²) in [5.74, 6) is 1.14. The van der Waals surface area contributed by atoms with E-state index in [4.69, 9.17) is 5.11 Å². The average Bonchev–Trinajstić information content (AvgIpc) is 2.36. The minimum absolute atomic E-state index is 0.259. The smallest absolute Gasteiger partial charge is 0.257 e. The fourth-order valence-corrected chi connectivity index (χ4v) is 2.15. The number of hydrogen-bond donors (Lipinski definition) is 2. The number of thioether (sulfide) groups is 1. The van der Waals surface area contributed by atoms with Crippen molar-refractivity contribution in [3.8, 4) is 0 Å². The van der Waals surface area contributed by atoms with Gasteiger partial charge in [0.15, 0.2) is 0 Å². The predicted molar refractivity (Wildman–Crippen MR) is 43.6 cm³/mol. The Morgan fingerprint density at radius 2 is 2.60 bits per heavy atom. The van der Waals surface area contributed by atoms with Crippen LogP contribution in [0.1, 0.15) is 0 Å². The second-order valence-electron chi connectivity index (χ2n) is 2.20. The number of amidine groups is 1. The van der Waals surface area contributed by atoms with Crippen molar-refractivity contribution in [1.82, 2.24) is 0 Å². The Balaban J connectivity index is 2.42. The van der Waals surface area contributed by atoms with Crippen LogP contribution in [-0.2, 0) is 0 Å². The Bertz CT molecular complexity index is 138. The average molecular weight is 161 g/mol. The number of aliphatic hydroxyl groups excluding tert-OH is 1.